The molecule has 0 saturated carbocycles. The lowest BCUT2D eigenvalue weighted by atomic mass is 10.1. The number of nitro benzene ring substituents is 2. The maximum Gasteiger partial charge on any atom is 0.280 e. The predicted molar refractivity (Wildman–Crippen MR) is 119 cm³/mol. The van der Waals surface area contributed by atoms with Gasteiger partial charge in [-0.05, 0) is 30.3 Å². The molecule has 3 amide bonds. The Morgan fingerprint density at radius 3 is 1.86 bits per heavy atom. The quantitative estimate of drug-likeness (QED) is 0.218. The molecule has 0 radical (unpaired) electrons. The van der Waals surface area contributed by atoms with Crippen LogP contribution in [0.25, 0.3) is 0 Å². The third kappa shape index (κ3) is 4.23. The second-order valence-corrected chi connectivity index (χ2v) is 7.37. The molecule has 0 atom stereocenters. The minimum atomic E-state index is -1.00. The van der Waals surface area contributed by atoms with Crippen molar-refractivity contribution in [3.05, 3.63) is 115 Å². The molecule has 12 nitrogen and oxygen atoms in total. The van der Waals surface area contributed by atoms with E-state index in [1.807, 2.05) is 0 Å². The number of carbonyl (C=O) groups excluding carboxylic acids is 4. The molecule has 1 aliphatic rings. The summed E-state index contributed by atoms with van der Waals surface area (Å²) in [5.41, 5.74) is -0.850. The van der Waals surface area contributed by atoms with E-state index in [0.29, 0.717) is 10.0 Å². The number of ketones is 1. The number of carbonyl (C=O) groups is 4. The maximum absolute atomic E-state index is 13.4. The van der Waals surface area contributed by atoms with Gasteiger partial charge < -0.3 is 0 Å². The van der Waals surface area contributed by atoms with Crippen LogP contribution in [0, 0.1) is 20.2 Å². The minimum absolute atomic E-state index is 0.0101. The third-order valence-corrected chi connectivity index (χ3v) is 5.25. The van der Waals surface area contributed by atoms with E-state index in [9.17, 15) is 39.4 Å². The number of hydrogen-bond acceptors (Lipinski definition) is 8. The molecule has 0 N–H and O–H groups in total. The number of amides is 3. The van der Waals surface area contributed by atoms with Crippen LogP contribution in [0.15, 0.2) is 72.8 Å². The molecule has 0 fully saturated rings. The molecule has 12 heteroatoms. The average molecular weight is 474 g/mol. The summed E-state index contributed by atoms with van der Waals surface area (Å²) in [5, 5.41) is 23.2. The number of hydrogen-bond donors (Lipinski definition) is 0. The summed E-state index contributed by atoms with van der Waals surface area (Å²) < 4.78 is 0. The van der Waals surface area contributed by atoms with Gasteiger partial charge in [-0.2, -0.15) is 5.01 Å². The van der Waals surface area contributed by atoms with E-state index in [0.717, 1.165) is 24.3 Å². The van der Waals surface area contributed by atoms with Gasteiger partial charge in [0, 0.05) is 35.4 Å². The Hall–Kier alpha value is -5.26. The van der Waals surface area contributed by atoms with Crippen molar-refractivity contribution >= 4 is 34.9 Å². The zero-order valence-electron chi connectivity index (χ0n) is 17.7. The number of benzene rings is 3. The van der Waals surface area contributed by atoms with Crippen LogP contribution in [0.2, 0.25) is 0 Å². The number of rotatable bonds is 7. The van der Waals surface area contributed by atoms with Crippen molar-refractivity contribution in [2.75, 3.05) is 6.54 Å². The Labute approximate surface area is 196 Å². The first-order valence-corrected chi connectivity index (χ1v) is 10.0. The first-order chi connectivity index (χ1) is 16.7. The fourth-order valence-corrected chi connectivity index (χ4v) is 3.53. The molecule has 0 saturated heterocycles. The van der Waals surface area contributed by atoms with E-state index in [-0.39, 0.29) is 27.9 Å². The standard InChI is InChI=1S/C23H14N4O8/c28-20(14-8-10-16(11-9-14)26(32)33)13-24(21(29)15-4-3-5-17(12-15)27(34)35)25-22(30)18-6-1-2-7-19(18)23(25)31/h1-12H,13H2. The summed E-state index contributed by atoms with van der Waals surface area (Å²) in [6.45, 7) is -0.787. The zero-order chi connectivity index (χ0) is 25.3. The average Bonchev–Trinajstić information content (AvgIpc) is 3.12. The number of Topliss-reactive ketones (excluding diaryl/α,β-unsaturated/α-hetero) is 1. The molecule has 35 heavy (non-hydrogen) atoms. The topological polar surface area (TPSA) is 161 Å². The molecule has 1 heterocycles. The molecule has 3 aromatic carbocycles. The van der Waals surface area contributed by atoms with Crippen LogP contribution in [0.4, 0.5) is 11.4 Å². The fraction of sp³-hybridized carbons (Fsp3) is 0.0435. The molecule has 0 unspecified atom stereocenters. The number of fused-ring (bicyclic) bond motifs is 1. The highest BCUT2D eigenvalue weighted by atomic mass is 16.6. The lowest BCUT2D eigenvalue weighted by Gasteiger charge is -2.29. The Morgan fingerprint density at radius 2 is 1.31 bits per heavy atom. The number of nitro groups is 2. The van der Waals surface area contributed by atoms with Crippen LogP contribution in [0.3, 0.4) is 0 Å². The molecular weight excluding hydrogens is 460 g/mol. The van der Waals surface area contributed by atoms with Gasteiger partial charge in [0.05, 0.1) is 21.0 Å². The SMILES string of the molecule is O=C(CN(C(=O)c1cccc([N+](=O)[O-])c1)N1C(=O)c2ccccc2C1=O)c1ccc([N+](=O)[O-])cc1. The summed E-state index contributed by atoms with van der Waals surface area (Å²) in [5.74, 6) is -3.42. The van der Waals surface area contributed by atoms with E-state index >= 15 is 0 Å². The Balaban J connectivity index is 1.73. The highest BCUT2D eigenvalue weighted by Crippen LogP contribution is 2.26. The predicted octanol–water partition coefficient (Wildman–Crippen LogP) is 3.04. The van der Waals surface area contributed by atoms with Gasteiger partial charge >= 0.3 is 0 Å². The number of nitrogens with zero attached hydrogens (tertiary/aromatic N) is 4. The smallest absolute Gasteiger partial charge is 0.280 e. The second-order valence-electron chi connectivity index (χ2n) is 7.37. The van der Waals surface area contributed by atoms with Crippen molar-refractivity contribution in [1.82, 2.24) is 10.0 Å². The molecule has 4 rings (SSSR count). The summed E-state index contributed by atoms with van der Waals surface area (Å²) in [6.07, 6.45) is 0. The molecule has 1 aliphatic heterocycles. The Morgan fingerprint density at radius 1 is 0.743 bits per heavy atom. The van der Waals surface area contributed by atoms with Crippen molar-refractivity contribution in [2.24, 2.45) is 0 Å². The first kappa shape index (κ1) is 22.9. The summed E-state index contributed by atoms with van der Waals surface area (Å²) in [4.78, 5) is 73.0. The summed E-state index contributed by atoms with van der Waals surface area (Å²) >= 11 is 0. The Kier molecular flexibility index (Phi) is 5.85. The van der Waals surface area contributed by atoms with Crippen LogP contribution >= 0.6 is 0 Å². The van der Waals surface area contributed by atoms with Gasteiger partial charge in [0.15, 0.2) is 5.78 Å². The first-order valence-electron chi connectivity index (χ1n) is 10.0. The van der Waals surface area contributed by atoms with Crippen LogP contribution in [0.5, 0.6) is 0 Å². The van der Waals surface area contributed by atoms with E-state index in [1.165, 1.54) is 48.5 Å². The van der Waals surface area contributed by atoms with Gasteiger partial charge in [-0.15, -0.1) is 0 Å². The van der Waals surface area contributed by atoms with Crippen molar-refractivity contribution in [1.29, 1.82) is 0 Å². The summed E-state index contributed by atoms with van der Waals surface area (Å²) in [7, 11) is 0. The molecular formula is C23H14N4O8. The Bertz CT molecular complexity index is 1380. The third-order valence-electron chi connectivity index (χ3n) is 5.25. The van der Waals surface area contributed by atoms with Crippen LogP contribution in [-0.4, -0.2) is 49.9 Å². The molecule has 0 aromatic heterocycles. The van der Waals surface area contributed by atoms with Crippen LogP contribution in [0.1, 0.15) is 41.4 Å². The van der Waals surface area contributed by atoms with Crippen molar-refractivity contribution in [3.8, 4) is 0 Å². The van der Waals surface area contributed by atoms with Gasteiger partial charge in [-0.25, -0.2) is 5.01 Å². The van der Waals surface area contributed by atoms with Gasteiger partial charge in [0.1, 0.15) is 6.54 Å². The zero-order valence-corrected chi connectivity index (χ0v) is 17.7. The monoisotopic (exact) mass is 474 g/mol. The van der Waals surface area contributed by atoms with Crippen LogP contribution < -0.4 is 0 Å². The van der Waals surface area contributed by atoms with Gasteiger partial charge in [-0.1, -0.05) is 18.2 Å². The summed E-state index contributed by atoms with van der Waals surface area (Å²) in [6, 6.07) is 15.0. The van der Waals surface area contributed by atoms with Gasteiger partial charge in [-0.3, -0.25) is 39.4 Å². The highest BCUT2D eigenvalue weighted by molar-refractivity contribution is 6.22. The molecule has 0 bridgehead atoms. The lowest BCUT2D eigenvalue weighted by molar-refractivity contribution is -0.385. The fourth-order valence-electron chi connectivity index (χ4n) is 3.53. The van der Waals surface area contributed by atoms with Crippen molar-refractivity contribution in [2.45, 2.75) is 0 Å². The maximum atomic E-state index is 13.4. The van der Waals surface area contributed by atoms with E-state index in [2.05, 4.69) is 0 Å². The molecule has 0 spiro atoms. The normalized spacial score (nSPS) is 12.3. The number of non-ortho nitro benzene ring substituents is 2. The molecule has 0 aliphatic carbocycles. The van der Waals surface area contributed by atoms with Crippen molar-refractivity contribution < 1.29 is 29.0 Å². The molecule has 3 aromatic rings. The van der Waals surface area contributed by atoms with E-state index in [1.54, 1.807) is 0 Å². The lowest BCUT2D eigenvalue weighted by Crippen LogP contribution is -2.51. The van der Waals surface area contributed by atoms with E-state index < -0.39 is 45.6 Å². The second kappa shape index (κ2) is 8.94. The van der Waals surface area contributed by atoms with E-state index in [4.69, 9.17) is 0 Å². The number of imide groups is 1. The minimum Gasteiger partial charge on any atom is -0.292 e. The van der Waals surface area contributed by atoms with Gasteiger partial charge in [0.25, 0.3) is 29.1 Å². The number of hydrazine groups is 1. The highest BCUT2D eigenvalue weighted by Gasteiger charge is 2.42. The van der Waals surface area contributed by atoms with Crippen LogP contribution in [-0.2, 0) is 0 Å². The van der Waals surface area contributed by atoms with Crippen molar-refractivity contribution in [3.63, 3.8) is 0 Å². The largest absolute Gasteiger partial charge is 0.292 e. The van der Waals surface area contributed by atoms with Gasteiger partial charge in [0.2, 0.25) is 0 Å². The molecule has 174 valence electrons.